The minimum absolute atomic E-state index is 0.0120. The monoisotopic (exact) mass is 453 g/mol. The third-order valence-electron chi connectivity index (χ3n) is 4.95. The van der Waals surface area contributed by atoms with Crippen LogP contribution in [0.3, 0.4) is 0 Å². The van der Waals surface area contributed by atoms with E-state index < -0.39 is 24.5 Å². The molecule has 7 heteroatoms. The molecule has 3 aromatic rings. The number of ether oxygens (including phenoxy) is 1. The third-order valence-corrected chi connectivity index (χ3v) is 5.89. The summed E-state index contributed by atoms with van der Waals surface area (Å²) in [6.45, 7) is 3.29. The number of nitrogens with one attached hydrogen (secondary N) is 1. The van der Waals surface area contributed by atoms with Crippen LogP contribution < -0.4 is 5.32 Å². The molecule has 32 heavy (non-hydrogen) atoms. The first kappa shape index (κ1) is 23.3. The summed E-state index contributed by atoms with van der Waals surface area (Å²) in [6.07, 6.45) is -0.0933. The van der Waals surface area contributed by atoms with Gasteiger partial charge in [-0.05, 0) is 54.6 Å². The van der Waals surface area contributed by atoms with Crippen LogP contribution in [0, 0.1) is 19.7 Å². The number of Topliss-reactive ketones (excluding diaryl/α,β-unsaturated/α-hetero) is 1. The standard InChI is InChI=1S/C25H24FNO4S/c1-16-5-6-17(2)20(14-16)21(28)11-12-24(30)31-15-23(29)27-25(22-4-3-13-32-22)18-7-9-19(26)10-8-18/h3-10,13-14,25H,11-12,15H2,1-2H3,(H,27,29). The van der Waals surface area contributed by atoms with Crippen LogP contribution in [0.1, 0.15) is 50.8 Å². The fourth-order valence-corrected chi connectivity index (χ4v) is 4.04. The van der Waals surface area contributed by atoms with Crippen molar-refractivity contribution in [2.24, 2.45) is 0 Å². The quantitative estimate of drug-likeness (QED) is 0.369. The van der Waals surface area contributed by atoms with E-state index in [1.54, 1.807) is 18.2 Å². The number of esters is 1. The van der Waals surface area contributed by atoms with Crippen molar-refractivity contribution in [1.29, 1.82) is 0 Å². The zero-order chi connectivity index (χ0) is 23.1. The molecule has 0 saturated heterocycles. The SMILES string of the molecule is Cc1ccc(C)c(C(=O)CCC(=O)OCC(=O)NC(c2ccc(F)cc2)c2cccs2)c1. The van der Waals surface area contributed by atoms with E-state index in [2.05, 4.69) is 5.32 Å². The highest BCUT2D eigenvalue weighted by atomic mass is 32.1. The Morgan fingerprint density at radius 1 is 1.03 bits per heavy atom. The van der Waals surface area contributed by atoms with Crippen LogP contribution in [0.25, 0.3) is 0 Å². The van der Waals surface area contributed by atoms with Gasteiger partial charge in [0.15, 0.2) is 12.4 Å². The molecule has 1 aromatic heterocycles. The van der Waals surface area contributed by atoms with Crippen molar-refractivity contribution in [1.82, 2.24) is 5.32 Å². The Morgan fingerprint density at radius 2 is 1.78 bits per heavy atom. The molecule has 1 heterocycles. The number of amides is 1. The van der Waals surface area contributed by atoms with Crippen LogP contribution in [0.4, 0.5) is 4.39 Å². The van der Waals surface area contributed by atoms with Crippen molar-refractivity contribution >= 4 is 29.0 Å². The summed E-state index contributed by atoms with van der Waals surface area (Å²) < 4.78 is 18.3. The van der Waals surface area contributed by atoms with Gasteiger partial charge in [-0.25, -0.2) is 4.39 Å². The Hall–Kier alpha value is -3.32. The maximum Gasteiger partial charge on any atom is 0.306 e. The summed E-state index contributed by atoms with van der Waals surface area (Å²) in [6, 6.07) is 14.7. The molecule has 0 bridgehead atoms. The van der Waals surface area contributed by atoms with Crippen molar-refractivity contribution in [3.63, 3.8) is 0 Å². The lowest BCUT2D eigenvalue weighted by molar-refractivity contribution is -0.148. The van der Waals surface area contributed by atoms with Gasteiger partial charge in [-0.15, -0.1) is 11.3 Å². The van der Waals surface area contributed by atoms with Crippen molar-refractivity contribution < 1.29 is 23.5 Å². The smallest absolute Gasteiger partial charge is 0.306 e. The Labute approximate surface area is 190 Å². The minimum Gasteiger partial charge on any atom is -0.456 e. The molecule has 0 saturated carbocycles. The topological polar surface area (TPSA) is 72.5 Å². The summed E-state index contributed by atoms with van der Waals surface area (Å²) in [5.74, 6) is -1.61. The highest BCUT2D eigenvalue weighted by Crippen LogP contribution is 2.26. The summed E-state index contributed by atoms with van der Waals surface area (Å²) >= 11 is 1.45. The molecular formula is C25H24FNO4S. The van der Waals surface area contributed by atoms with Gasteiger partial charge in [0.1, 0.15) is 5.82 Å². The Bertz CT molecular complexity index is 1090. The lowest BCUT2D eigenvalue weighted by atomic mass is 9.99. The Morgan fingerprint density at radius 3 is 2.47 bits per heavy atom. The summed E-state index contributed by atoms with van der Waals surface area (Å²) in [7, 11) is 0. The van der Waals surface area contributed by atoms with Gasteiger partial charge in [0.25, 0.3) is 5.91 Å². The van der Waals surface area contributed by atoms with Gasteiger partial charge < -0.3 is 10.1 Å². The lowest BCUT2D eigenvalue weighted by Gasteiger charge is -2.18. The molecule has 0 spiro atoms. The second-order valence-electron chi connectivity index (χ2n) is 7.47. The van der Waals surface area contributed by atoms with Crippen LogP contribution in [0.2, 0.25) is 0 Å². The van der Waals surface area contributed by atoms with E-state index in [0.29, 0.717) is 11.1 Å². The van der Waals surface area contributed by atoms with Gasteiger partial charge >= 0.3 is 5.97 Å². The molecule has 0 aliphatic carbocycles. The molecule has 0 aliphatic heterocycles. The molecule has 0 radical (unpaired) electrons. The largest absolute Gasteiger partial charge is 0.456 e. The number of halogens is 1. The zero-order valence-corrected chi connectivity index (χ0v) is 18.7. The van der Waals surface area contributed by atoms with Crippen LogP contribution in [0.5, 0.6) is 0 Å². The van der Waals surface area contributed by atoms with Gasteiger partial charge in [-0.3, -0.25) is 14.4 Å². The second kappa shape index (κ2) is 10.8. The molecule has 0 aliphatic rings. The van der Waals surface area contributed by atoms with Gasteiger partial charge in [0.2, 0.25) is 0 Å². The molecule has 1 atom stereocenters. The van der Waals surface area contributed by atoms with E-state index in [4.69, 9.17) is 4.74 Å². The highest BCUT2D eigenvalue weighted by molar-refractivity contribution is 7.10. The molecule has 5 nitrogen and oxygen atoms in total. The van der Waals surface area contributed by atoms with Gasteiger partial charge in [-0.1, -0.05) is 35.9 Å². The number of hydrogen-bond donors (Lipinski definition) is 1. The van der Waals surface area contributed by atoms with E-state index in [9.17, 15) is 18.8 Å². The molecule has 166 valence electrons. The Kier molecular flexibility index (Phi) is 7.89. The molecule has 3 rings (SSSR count). The van der Waals surface area contributed by atoms with E-state index in [-0.39, 0.29) is 24.4 Å². The van der Waals surface area contributed by atoms with Gasteiger partial charge in [0.05, 0.1) is 12.5 Å². The molecule has 1 unspecified atom stereocenters. The van der Waals surface area contributed by atoms with E-state index in [0.717, 1.165) is 16.0 Å². The first-order chi connectivity index (χ1) is 15.3. The number of thiophene rings is 1. The van der Waals surface area contributed by atoms with Gasteiger partial charge in [-0.2, -0.15) is 0 Å². The number of benzene rings is 2. The van der Waals surface area contributed by atoms with Crippen LogP contribution in [-0.2, 0) is 14.3 Å². The van der Waals surface area contributed by atoms with Crippen LogP contribution in [0.15, 0.2) is 60.0 Å². The predicted octanol–water partition coefficient (Wildman–Crippen LogP) is 4.92. The fraction of sp³-hybridized carbons (Fsp3) is 0.240. The molecule has 2 aromatic carbocycles. The zero-order valence-electron chi connectivity index (χ0n) is 17.9. The first-order valence-corrected chi connectivity index (χ1v) is 11.1. The summed E-state index contributed by atoms with van der Waals surface area (Å²) in [5, 5.41) is 4.70. The van der Waals surface area contributed by atoms with Crippen LogP contribution >= 0.6 is 11.3 Å². The van der Waals surface area contributed by atoms with E-state index in [1.807, 2.05) is 43.5 Å². The van der Waals surface area contributed by atoms with Crippen molar-refractivity contribution in [2.75, 3.05) is 6.61 Å². The minimum atomic E-state index is -0.617. The first-order valence-electron chi connectivity index (χ1n) is 10.2. The number of ketones is 1. The van der Waals surface area contributed by atoms with E-state index >= 15 is 0 Å². The normalized spacial score (nSPS) is 11.6. The molecule has 1 amide bonds. The van der Waals surface area contributed by atoms with Crippen molar-refractivity contribution in [3.05, 3.63) is 92.9 Å². The molecular weight excluding hydrogens is 429 g/mol. The third kappa shape index (κ3) is 6.34. The average Bonchev–Trinajstić information content (AvgIpc) is 3.31. The highest BCUT2D eigenvalue weighted by Gasteiger charge is 2.19. The van der Waals surface area contributed by atoms with E-state index in [1.165, 1.54) is 23.5 Å². The maximum absolute atomic E-state index is 13.3. The number of carbonyl (C=O) groups excluding carboxylic acids is 3. The van der Waals surface area contributed by atoms with Gasteiger partial charge in [0, 0.05) is 16.9 Å². The van der Waals surface area contributed by atoms with Crippen LogP contribution in [-0.4, -0.2) is 24.3 Å². The van der Waals surface area contributed by atoms with Crippen molar-refractivity contribution in [3.8, 4) is 0 Å². The molecule has 1 N–H and O–H groups in total. The fourth-order valence-electron chi connectivity index (χ4n) is 3.24. The summed E-state index contributed by atoms with van der Waals surface area (Å²) in [5.41, 5.74) is 3.13. The van der Waals surface area contributed by atoms with Crippen molar-refractivity contribution in [2.45, 2.75) is 32.7 Å². The number of aryl methyl sites for hydroxylation is 2. The second-order valence-corrected chi connectivity index (χ2v) is 8.45. The summed E-state index contributed by atoms with van der Waals surface area (Å²) in [4.78, 5) is 37.7. The average molecular weight is 454 g/mol. The lowest BCUT2D eigenvalue weighted by Crippen LogP contribution is -2.32. The Balaban J connectivity index is 1.52. The number of carbonyl (C=O) groups is 3. The predicted molar refractivity (Wildman–Crippen MR) is 121 cm³/mol. The number of rotatable bonds is 9. The number of hydrogen-bond acceptors (Lipinski definition) is 5. The maximum atomic E-state index is 13.3. The molecule has 0 fully saturated rings.